The van der Waals surface area contributed by atoms with Crippen LogP contribution in [-0.2, 0) is 18.9 Å². The van der Waals surface area contributed by atoms with Crippen molar-refractivity contribution in [2.24, 2.45) is 0 Å². The molecule has 0 saturated carbocycles. The van der Waals surface area contributed by atoms with Crippen LogP contribution in [0.5, 0.6) is 0 Å². The predicted molar refractivity (Wildman–Crippen MR) is 73.9 cm³/mol. The lowest BCUT2D eigenvalue weighted by Crippen LogP contribution is -2.51. The van der Waals surface area contributed by atoms with E-state index in [1.54, 1.807) is 0 Å². The molecule has 0 spiro atoms. The number of aliphatic hydroxyl groups is 4. The standard InChI is InChI=1S/C14H26O8/c1-2-19-12-4-8(16)3-9(21-12)7-20-13-5-10(17)14(18)11(6-15)22-13/h8-18H,2-7H2,1H3/t8?,9?,10?,11?,12?,13-,14-/m0/s1. The highest BCUT2D eigenvalue weighted by Gasteiger charge is 2.37. The molecule has 0 radical (unpaired) electrons. The monoisotopic (exact) mass is 322 g/mol. The van der Waals surface area contributed by atoms with Gasteiger partial charge in [-0.1, -0.05) is 0 Å². The molecule has 2 saturated heterocycles. The number of hydrogen-bond donors (Lipinski definition) is 4. The lowest BCUT2D eigenvalue weighted by molar-refractivity contribution is -0.277. The first-order valence-corrected chi connectivity index (χ1v) is 7.72. The summed E-state index contributed by atoms with van der Waals surface area (Å²) in [6.45, 7) is 2.13. The molecule has 4 N–H and O–H groups in total. The molecule has 2 heterocycles. The van der Waals surface area contributed by atoms with Crippen LogP contribution in [0.1, 0.15) is 26.2 Å². The van der Waals surface area contributed by atoms with Crippen LogP contribution in [-0.4, -0.2) is 83.3 Å². The van der Waals surface area contributed by atoms with Gasteiger partial charge in [0.2, 0.25) is 0 Å². The van der Waals surface area contributed by atoms with Crippen LogP contribution >= 0.6 is 0 Å². The first kappa shape index (κ1) is 18.0. The van der Waals surface area contributed by atoms with Crippen molar-refractivity contribution >= 4 is 0 Å². The minimum atomic E-state index is -1.13. The topological polar surface area (TPSA) is 118 Å². The molecule has 2 aliphatic heterocycles. The number of ether oxygens (including phenoxy) is 4. The maximum Gasteiger partial charge on any atom is 0.160 e. The van der Waals surface area contributed by atoms with Gasteiger partial charge in [-0.15, -0.1) is 0 Å². The lowest BCUT2D eigenvalue weighted by atomic mass is 10.0. The Bertz CT molecular complexity index is 328. The maximum atomic E-state index is 9.82. The Hall–Kier alpha value is -0.320. The smallest absolute Gasteiger partial charge is 0.160 e. The molecule has 8 nitrogen and oxygen atoms in total. The fourth-order valence-electron chi connectivity index (χ4n) is 2.74. The Balaban J connectivity index is 1.79. The van der Waals surface area contributed by atoms with Crippen LogP contribution in [0.15, 0.2) is 0 Å². The molecule has 0 aliphatic carbocycles. The van der Waals surface area contributed by atoms with Crippen molar-refractivity contribution in [2.75, 3.05) is 19.8 Å². The maximum absolute atomic E-state index is 9.82. The van der Waals surface area contributed by atoms with Crippen molar-refractivity contribution in [1.29, 1.82) is 0 Å². The van der Waals surface area contributed by atoms with Crippen LogP contribution in [0.4, 0.5) is 0 Å². The summed E-state index contributed by atoms with van der Waals surface area (Å²) in [6.07, 6.45) is -4.05. The van der Waals surface area contributed by atoms with Gasteiger partial charge in [0.15, 0.2) is 12.6 Å². The summed E-state index contributed by atoms with van der Waals surface area (Å²) in [7, 11) is 0. The van der Waals surface area contributed by atoms with Crippen molar-refractivity contribution in [1.82, 2.24) is 0 Å². The van der Waals surface area contributed by atoms with E-state index in [2.05, 4.69) is 0 Å². The van der Waals surface area contributed by atoms with E-state index < -0.39 is 43.6 Å². The van der Waals surface area contributed by atoms with Crippen LogP contribution in [0.25, 0.3) is 0 Å². The Morgan fingerprint density at radius 1 is 1.00 bits per heavy atom. The van der Waals surface area contributed by atoms with Gasteiger partial charge in [-0.3, -0.25) is 0 Å². The highest BCUT2D eigenvalue weighted by Crippen LogP contribution is 2.24. The third-order valence-electron chi connectivity index (χ3n) is 3.88. The zero-order valence-electron chi connectivity index (χ0n) is 12.7. The van der Waals surface area contributed by atoms with Gasteiger partial charge in [0.1, 0.15) is 12.2 Å². The van der Waals surface area contributed by atoms with Gasteiger partial charge >= 0.3 is 0 Å². The Kier molecular flexibility index (Phi) is 6.97. The average molecular weight is 322 g/mol. The molecule has 2 aliphatic rings. The first-order valence-electron chi connectivity index (χ1n) is 7.72. The van der Waals surface area contributed by atoms with Gasteiger partial charge in [-0.05, 0) is 6.92 Å². The molecule has 2 fully saturated rings. The zero-order chi connectivity index (χ0) is 16.1. The lowest BCUT2D eigenvalue weighted by Gasteiger charge is -2.37. The van der Waals surface area contributed by atoms with Crippen LogP contribution in [0.2, 0.25) is 0 Å². The summed E-state index contributed by atoms with van der Waals surface area (Å²) in [4.78, 5) is 0. The minimum absolute atomic E-state index is 0.113. The molecule has 5 unspecified atom stereocenters. The van der Waals surface area contributed by atoms with E-state index in [4.69, 9.17) is 24.1 Å². The van der Waals surface area contributed by atoms with Crippen molar-refractivity contribution < 1.29 is 39.4 Å². The van der Waals surface area contributed by atoms with Crippen molar-refractivity contribution in [3.63, 3.8) is 0 Å². The Morgan fingerprint density at radius 3 is 2.41 bits per heavy atom. The quantitative estimate of drug-likeness (QED) is 0.478. The van der Waals surface area contributed by atoms with Crippen molar-refractivity contribution in [3.05, 3.63) is 0 Å². The summed E-state index contributed by atoms with van der Waals surface area (Å²) in [6, 6.07) is 0. The van der Waals surface area contributed by atoms with Gasteiger partial charge in [-0.2, -0.15) is 0 Å². The number of aliphatic hydroxyl groups excluding tert-OH is 4. The molecule has 0 aromatic heterocycles. The molecule has 7 atom stereocenters. The van der Waals surface area contributed by atoms with Crippen molar-refractivity contribution in [2.45, 2.75) is 69.3 Å². The summed E-state index contributed by atoms with van der Waals surface area (Å²) in [5.41, 5.74) is 0. The highest BCUT2D eigenvalue weighted by molar-refractivity contribution is 4.82. The summed E-state index contributed by atoms with van der Waals surface area (Å²) >= 11 is 0. The predicted octanol–water partition coefficient (Wildman–Crippen LogP) is -1.27. The van der Waals surface area contributed by atoms with Crippen LogP contribution < -0.4 is 0 Å². The van der Waals surface area contributed by atoms with Crippen molar-refractivity contribution in [3.8, 4) is 0 Å². The number of hydrogen-bond acceptors (Lipinski definition) is 8. The van der Waals surface area contributed by atoms with E-state index in [-0.39, 0.29) is 19.1 Å². The fourth-order valence-corrected chi connectivity index (χ4v) is 2.74. The molecule has 130 valence electrons. The molecule has 8 heteroatoms. The molecule has 2 rings (SSSR count). The van der Waals surface area contributed by atoms with Gasteiger partial charge in [0.05, 0.1) is 31.5 Å². The molecule has 0 aromatic carbocycles. The van der Waals surface area contributed by atoms with E-state index in [1.165, 1.54) is 0 Å². The normalized spacial score (nSPS) is 43.2. The SMILES string of the molecule is CCOC1CC(O)CC(CO[C@@H]2CC(O)[C@H](O)C(CO)O2)O1. The third-order valence-corrected chi connectivity index (χ3v) is 3.88. The average Bonchev–Trinajstić information content (AvgIpc) is 2.48. The third kappa shape index (κ3) is 4.84. The van der Waals surface area contributed by atoms with Gasteiger partial charge in [0, 0.05) is 25.9 Å². The summed E-state index contributed by atoms with van der Waals surface area (Å²) < 4.78 is 22.0. The van der Waals surface area contributed by atoms with E-state index in [1.807, 2.05) is 6.92 Å². The molecular weight excluding hydrogens is 296 g/mol. The van der Waals surface area contributed by atoms with Gasteiger partial charge < -0.3 is 39.4 Å². The van der Waals surface area contributed by atoms with Gasteiger partial charge in [-0.25, -0.2) is 0 Å². The fraction of sp³-hybridized carbons (Fsp3) is 1.00. The van der Waals surface area contributed by atoms with Gasteiger partial charge in [0.25, 0.3) is 0 Å². The molecule has 0 bridgehead atoms. The molecule has 0 amide bonds. The second-order valence-corrected chi connectivity index (χ2v) is 5.68. The van der Waals surface area contributed by atoms with E-state index >= 15 is 0 Å². The highest BCUT2D eigenvalue weighted by atomic mass is 16.7. The van der Waals surface area contributed by atoms with Crippen LogP contribution in [0.3, 0.4) is 0 Å². The second kappa shape index (κ2) is 8.51. The Morgan fingerprint density at radius 2 is 1.73 bits per heavy atom. The summed E-state index contributed by atoms with van der Waals surface area (Å²) in [5.74, 6) is 0. The van der Waals surface area contributed by atoms with Crippen LogP contribution in [0, 0.1) is 0 Å². The van der Waals surface area contributed by atoms with E-state index in [0.29, 0.717) is 19.4 Å². The number of rotatable bonds is 6. The molecule has 22 heavy (non-hydrogen) atoms. The summed E-state index contributed by atoms with van der Waals surface area (Å²) in [5, 5.41) is 38.3. The molecule has 0 aromatic rings. The Labute approximate surface area is 129 Å². The van der Waals surface area contributed by atoms with E-state index in [0.717, 1.165) is 0 Å². The first-order chi connectivity index (χ1) is 10.5. The largest absolute Gasteiger partial charge is 0.394 e. The van der Waals surface area contributed by atoms with E-state index in [9.17, 15) is 15.3 Å². The second-order valence-electron chi connectivity index (χ2n) is 5.68. The zero-order valence-corrected chi connectivity index (χ0v) is 12.7. The molecular formula is C14H26O8. The minimum Gasteiger partial charge on any atom is -0.394 e.